The maximum atomic E-state index is 13.1. The van der Waals surface area contributed by atoms with Crippen LogP contribution in [0.15, 0.2) is 24.3 Å². The molecule has 0 bridgehead atoms. The first-order chi connectivity index (χ1) is 10.6. The van der Waals surface area contributed by atoms with E-state index in [0.717, 1.165) is 32.6 Å². The molecule has 1 amide bonds. The minimum atomic E-state index is -0.0586. The SMILES string of the molecule is CC(C)C(C(=O)N1CCNCC1)N1c2ccccc2CC1C. The minimum Gasteiger partial charge on any atom is -0.356 e. The molecule has 2 heterocycles. The van der Waals surface area contributed by atoms with Gasteiger partial charge in [0.15, 0.2) is 0 Å². The Labute approximate surface area is 133 Å². The highest BCUT2D eigenvalue weighted by Gasteiger charge is 2.39. The van der Waals surface area contributed by atoms with Crippen molar-refractivity contribution in [2.24, 2.45) is 5.92 Å². The van der Waals surface area contributed by atoms with Crippen molar-refractivity contribution in [2.45, 2.75) is 39.3 Å². The highest BCUT2D eigenvalue weighted by atomic mass is 16.2. The van der Waals surface area contributed by atoms with Gasteiger partial charge in [0.25, 0.3) is 0 Å². The third-order valence-corrected chi connectivity index (χ3v) is 4.87. The zero-order valence-corrected chi connectivity index (χ0v) is 13.9. The first kappa shape index (κ1) is 15.3. The van der Waals surface area contributed by atoms with Crippen LogP contribution >= 0.6 is 0 Å². The van der Waals surface area contributed by atoms with Gasteiger partial charge < -0.3 is 15.1 Å². The summed E-state index contributed by atoms with van der Waals surface area (Å²) < 4.78 is 0. The van der Waals surface area contributed by atoms with E-state index in [-0.39, 0.29) is 6.04 Å². The molecular formula is C18H27N3O. The lowest BCUT2D eigenvalue weighted by Gasteiger charge is -2.40. The average molecular weight is 301 g/mol. The summed E-state index contributed by atoms with van der Waals surface area (Å²) in [6.45, 7) is 10.0. The van der Waals surface area contributed by atoms with Crippen LogP contribution in [0.4, 0.5) is 5.69 Å². The molecule has 22 heavy (non-hydrogen) atoms. The number of carbonyl (C=O) groups is 1. The number of piperazine rings is 1. The fourth-order valence-electron chi connectivity index (χ4n) is 3.81. The number of nitrogens with zero attached hydrogens (tertiary/aromatic N) is 2. The summed E-state index contributed by atoms with van der Waals surface area (Å²) >= 11 is 0. The average Bonchev–Trinajstić information content (AvgIpc) is 2.84. The van der Waals surface area contributed by atoms with E-state index in [1.807, 2.05) is 4.90 Å². The smallest absolute Gasteiger partial charge is 0.245 e. The largest absolute Gasteiger partial charge is 0.356 e. The monoisotopic (exact) mass is 301 g/mol. The number of anilines is 1. The second kappa shape index (κ2) is 6.29. The molecule has 1 aromatic carbocycles. The molecule has 0 radical (unpaired) electrons. The first-order valence-electron chi connectivity index (χ1n) is 8.45. The Morgan fingerprint density at radius 3 is 2.59 bits per heavy atom. The van der Waals surface area contributed by atoms with Crippen LogP contribution in [-0.4, -0.2) is 49.1 Å². The maximum absolute atomic E-state index is 13.1. The minimum absolute atomic E-state index is 0.0586. The van der Waals surface area contributed by atoms with Gasteiger partial charge in [0.2, 0.25) is 5.91 Å². The van der Waals surface area contributed by atoms with Crippen LogP contribution in [0.3, 0.4) is 0 Å². The van der Waals surface area contributed by atoms with Crippen LogP contribution in [0.1, 0.15) is 26.3 Å². The van der Waals surface area contributed by atoms with Gasteiger partial charge in [0.1, 0.15) is 6.04 Å². The van der Waals surface area contributed by atoms with Crippen molar-refractivity contribution >= 4 is 11.6 Å². The molecule has 120 valence electrons. The lowest BCUT2D eigenvalue weighted by molar-refractivity contribution is -0.134. The maximum Gasteiger partial charge on any atom is 0.245 e. The van der Waals surface area contributed by atoms with Crippen molar-refractivity contribution in [1.29, 1.82) is 0 Å². The highest BCUT2D eigenvalue weighted by Crippen LogP contribution is 2.35. The molecule has 1 N–H and O–H groups in total. The number of carbonyl (C=O) groups excluding carboxylic acids is 1. The molecule has 2 atom stereocenters. The molecule has 2 unspecified atom stereocenters. The van der Waals surface area contributed by atoms with Crippen LogP contribution in [0, 0.1) is 5.92 Å². The molecule has 4 nitrogen and oxygen atoms in total. The molecule has 0 spiro atoms. The van der Waals surface area contributed by atoms with E-state index in [0.29, 0.717) is 17.9 Å². The van der Waals surface area contributed by atoms with E-state index in [1.165, 1.54) is 11.3 Å². The lowest BCUT2D eigenvalue weighted by Crippen LogP contribution is -2.57. The number of fused-ring (bicyclic) bond motifs is 1. The first-order valence-corrected chi connectivity index (χ1v) is 8.45. The van der Waals surface area contributed by atoms with Crippen molar-refractivity contribution < 1.29 is 4.79 Å². The molecule has 0 aliphatic carbocycles. The second-order valence-corrected chi connectivity index (χ2v) is 6.85. The summed E-state index contributed by atoms with van der Waals surface area (Å²) in [5.41, 5.74) is 2.62. The standard InChI is InChI=1S/C18H27N3O/c1-13(2)17(18(22)20-10-8-19-9-11-20)21-14(3)12-15-6-4-5-7-16(15)21/h4-7,13-14,17,19H,8-12H2,1-3H3. The van der Waals surface area contributed by atoms with Gasteiger partial charge in [-0.05, 0) is 30.9 Å². The molecule has 0 saturated carbocycles. The topological polar surface area (TPSA) is 35.6 Å². The number of nitrogens with one attached hydrogen (secondary N) is 1. The van der Waals surface area contributed by atoms with Crippen LogP contribution in [0.5, 0.6) is 0 Å². The Bertz CT molecular complexity index is 537. The van der Waals surface area contributed by atoms with E-state index in [1.54, 1.807) is 0 Å². The highest BCUT2D eigenvalue weighted by molar-refractivity contribution is 5.87. The summed E-state index contributed by atoms with van der Waals surface area (Å²) in [6, 6.07) is 8.86. The third-order valence-electron chi connectivity index (χ3n) is 4.87. The van der Waals surface area contributed by atoms with Gasteiger partial charge in [-0.15, -0.1) is 0 Å². The van der Waals surface area contributed by atoms with Crippen LogP contribution in [-0.2, 0) is 11.2 Å². The van der Waals surface area contributed by atoms with Crippen LogP contribution < -0.4 is 10.2 Å². The van der Waals surface area contributed by atoms with Crippen molar-refractivity contribution in [2.75, 3.05) is 31.1 Å². The van der Waals surface area contributed by atoms with Crippen LogP contribution in [0.25, 0.3) is 0 Å². The Hall–Kier alpha value is -1.55. The number of rotatable bonds is 3. The zero-order valence-electron chi connectivity index (χ0n) is 13.9. The molecule has 1 fully saturated rings. The molecule has 1 aromatic rings. The fraction of sp³-hybridized carbons (Fsp3) is 0.611. The molecular weight excluding hydrogens is 274 g/mol. The lowest BCUT2D eigenvalue weighted by atomic mass is 9.99. The number of benzene rings is 1. The summed E-state index contributed by atoms with van der Waals surface area (Å²) in [7, 11) is 0. The van der Waals surface area contributed by atoms with Gasteiger partial charge in [-0.1, -0.05) is 32.0 Å². The van der Waals surface area contributed by atoms with Crippen molar-refractivity contribution in [1.82, 2.24) is 10.2 Å². The molecule has 4 heteroatoms. The van der Waals surface area contributed by atoms with E-state index >= 15 is 0 Å². The normalized spacial score (nSPS) is 22.8. The molecule has 2 aliphatic rings. The number of hydrogen-bond acceptors (Lipinski definition) is 3. The van der Waals surface area contributed by atoms with Gasteiger partial charge in [-0.25, -0.2) is 0 Å². The summed E-state index contributed by atoms with van der Waals surface area (Å²) in [5.74, 6) is 0.594. The number of amides is 1. The Balaban J connectivity index is 1.89. The van der Waals surface area contributed by atoms with Gasteiger partial charge >= 0.3 is 0 Å². The van der Waals surface area contributed by atoms with Gasteiger partial charge in [0.05, 0.1) is 0 Å². The summed E-state index contributed by atoms with van der Waals surface area (Å²) in [6.07, 6.45) is 1.04. The quantitative estimate of drug-likeness (QED) is 0.926. The van der Waals surface area contributed by atoms with Crippen LogP contribution in [0.2, 0.25) is 0 Å². The predicted octanol–water partition coefficient (Wildman–Crippen LogP) is 1.89. The number of hydrogen-bond donors (Lipinski definition) is 1. The fourth-order valence-corrected chi connectivity index (χ4v) is 3.81. The van der Waals surface area contributed by atoms with Crippen molar-refractivity contribution in [3.63, 3.8) is 0 Å². The Kier molecular flexibility index (Phi) is 4.39. The third kappa shape index (κ3) is 2.72. The van der Waals surface area contributed by atoms with Gasteiger partial charge in [0, 0.05) is 37.9 Å². The second-order valence-electron chi connectivity index (χ2n) is 6.85. The van der Waals surface area contributed by atoms with E-state index in [9.17, 15) is 4.79 Å². The van der Waals surface area contributed by atoms with Gasteiger partial charge in [-0.2, -0.15) is 0 Å². The molecule has 0 aromatic heterocycles. The van der Waals surface area contributed by atoms with E-state index in [4.69, 9.17) is 0 Å². The summed E-state index contributed by atoms with van der Waals surface area (Å²) in [4.78, 5) is 17.5. The van der Waals surface area contributed by atoms with E-state index in [2.05, 4.69) is 55.3 Å². The molecule has 3 rings (SSSR count). The predicted molar refractivity (Wildman–Crippen MR) is 90.2 cm³/mol. The van der Waals surface area contributed by atoms with Crippen molar-refractivity contribution in [3.8, 4) is 0 Å². The van der Waals surface area contributed by atoms with E-state index < -0.39 is 0 Å². The molecule has 1 saturated heterocycles. The summed E-state index contributed by atoms with van der Waals surface area (Å²) in [5, 5.41) is 3.32. The Morgan fingerprint density at radius 1 is 1.23 bits per heavy atom. The van der Waals surface area contributed by atoms with Crippen molar-refractivity contribution in [3.05, 3.63) is 29.8 Å². The Morgan fingerprint density at radius 2 is 1.91 bits per heavy atom. The zero-order chi connectivity index (χ0) is 15.7. The number of para-hydroxylation sites is 1. The van der Waals surface area contributed by atoms with Gasteiger partial charge in [-0.3, -0.25) is 4.79 Å². The molecule has 2 aliphatic heterocycles.